The zero-order chi connectivity index (χ0) is 13.0. The van der Waals surface area contributed by atoms with Crippen molar-refractivity contribution < 1.29 is 13.3 Å². The molecule has 7 heteroatoms. The lowest BCUT2D eigenvalue weighted by Crippen LogP contribution is -2.42. The Morgan fingerprint density at radius 1 is 1.06 bits per heavy atom. The molecule has 0 aromatic rings. The van der Waals surface area contributed by atoms with Crippen molar-refractivity contribution in [2.24, 2.45) is 5.73 Å². The van der Waals surface area contributed by atoms with Crippen LogP contribution < -0.4 is 11.1 Å². The van der Waals surface area contributed by atoms with Gasteiger partial charge in [-0.25, -0.2) is 0 Å². The van der Waals surface area contributed by atoms with Crippen molar-refractivity contribution >= 4 is 20.6 Å². The SMILES string of the molecule is CO[Si](CCCSCCNCCN)(OC)OC. The molecule has 3 N–H and O–H groups in total. The molecule has 0 bridgehead atoms. The van der Waals surface area contributed by atoms with Gasteiger partial charge in [0.25, 0.3) is 0 Å². The highest BCUT2D eigenvalue weighted by Crippen LogP contribution is 2.16. The number of thioether (sulfide) groups is 1. The minimum atomic E-state index is -2.34. The predicted octanol–water partition coefficient (Wildman–Crippen LogP) is 0.536. The second kappa shape index (κ2) is 11.5. The molecule has 0 heterocycles. The summed E-state index contributed by atoms with van der Waals surface area (Å²) in [4.78, 5) is 0. The first-order valence-electron chi connectivity index (χ1n) is 5.88. The second-order valence-electron chi connectivity index (χ2n) is 3.55. The van der Waals surface area contributed by atoms with Crippen LogP contribution in [0.2, 0.25) is 6.04 Å². The number of hydrogen-bond donors (Lipinski definition) is 2. The van der Waals surface area contributed by atoms with Crippen LogP contribution in [0.1, 0.15) is 6.42 Å². The smallest absolute Gasteiger partial charge is 0.377 e. The number of nitrogens with two attached hydrogens (primary N) is 1. The number of hydrogen-bond acceptors (Lipinski definition) is 6. The van der Waals surface area contributed by atoms with Gasteiger partial charge in [-0.1, -0.05) is 0 Å². The Kier molecular flexibility index (Phi) is 11.7. The largest absolute Gasteiger partial charge is 0.500 e. The molecule has 0 aliphatic carbocycles. The molecule has 104 valence electrons. The molecule has 0 rings (SSSR count). The molecule has 0 amide bonds. The molecule has 0 aromatic heterocycles. The van der Waals surface area contributed by atoms with Crippen LogP contribution >= 0.6 is 11.8 Å². The maximum Gasteiger partial charge on any atom is 0.500 e. The van der Waals surface area contributed by atoms with E-state index in [2.05, 4.69) is 5.32 Å². The molecule has 0 atom stereocenters. The van der Waals surface area contributed by atoms with Crippen molar-refractivity contribution in [3.63, 3.8) is 0 Å². The summed E-state index contributed by atoms with van der Waals surface area (Å²) in [6.07, 6.45) is 1.06. The van der Waals surface area contributed by atoms with Gasteiger partial charge < -0.3 is 24.3 Å². The van der Waals surface area contributed by atoms with E-state index in [-0.39, 0.29) is 0 Å². The van der Waals surface area contributed by atoms with Crippen LogP contribution in [0.3, 0.4) is 0 Å². The Balaban J connectivity index is 3.43. The Bertz CT molecular complexity index is 165. The minimum Gasteiger partial charge on any atom is -0.377 e. The van der Waals surface area contributed by atoms with Crippen molar-refractivity contribution in [3.05, 3.63) is 0 Å². The molecule has 0 unspecified atom stereocenters. The summed E-state index contributed by atoms with van der Waals surface area (Å²) < 4.78 is 16.1. The fourth-order valence-electron chi connectivity index (χ4n) is 1.42. The molecule has 0 aromatic carbocycles. The molecule has 5 nitrogen and oxygen atoms in total. The van der Waals surface area contributed by atoms with Crippen LogP contribution in [0.25, 0.3) is 0 Å². The van der Waals surface area contributed by atoms with Gasteiger partial charge in [0, 0.05) is 52.8 Å². The number of rotatable bonds is 12. The maximum atomic E-state index is 5.38. The van der Waals surface area contributed by atoms with Gasteiger partial charge in [-0.2, -0.15) is 11.8 Å². The number of nitrogens with one attached hydrogen (secondary N) is 1. The van der Waals surface area contributed by atoms with Gasteiger partial charge in [0.2, 0.25) is 0 Å². The van der Waals surface area contributed by atoms with Gasteiger partial charge in [0.1, 0.15) is 0 Å². The van der Waals surface area contributed by atoms with Gasteiger partial charge in [-0.15, -0.1) is 0 Å². The van der Waals surface area contributed by atoms with Gasteiger partial charge >= 0.3 is 8.80 Å². The van der Waals surface area contributed by atoms with Crippen LogP contribution in [0, 0.1) is 0 Å². The summed E-state index contributed by atoms with van der Waals surface area (Å²) in [5.41, 5.74) is 5.38. The predicted molar refractivity (Wildman–Crippen MR) is 75.5 cm³/mol. The quantitative estimate of drug-likeness (QED) is 0.402. The molecule has 0 spiro atoms. The third kappa shape index (κ3) is 8.14. The zero-order valence-corrected chi connectivity index (χ0v) is 13.0. The summed E-state index contributed by atoms with van der Waals surface area (Å²) >= 11 is 1.93. The van der Waals surface area contributed by atoms with Crippen molar-refractivity contribution in [1.82, 2.24) is 5.32 Å². The Labute approximate surface area is 110 Å². The van der Waals surface area contributed by atoms with Crippen LogP contribution in [0.4, 0.5) is 0 Å². The first kappa shape index (κ1) is 17.4. The summed E-state index contributed by atoms with van der Waals surface area (Å²) in [5.74, 6) is 2.22. The summed E-state index contributed by atoms with van der Waals surface area (Å²) in [5, 5.41) is 3.26. The normalized spacial score (nSPS) is 12.0. The highest BCUT2D eigenvalue weighted by molar-refractivity contribution is 7.99. The van der Waals surface area contributed by atoms with Crippen LogP contribution in [-0.4, -0.2) is 61.3 Å². The molecule has 0 fully saturated rings. The Hall–Kier alpha value is 0.367. The molecule has 0 aliphatic rings. The van der Waals surface area contributed by atoms with E-state index < -0.39 is 8.80 Å². The molecule has 17 heavy (non-hydrogen) atoms. The van der Waals surface area contributed by atoms with E-state index >= 15 is 0 Å². The van der Waals surface area contributed by atoms with E-state index in [1.165, 1.54) is 0 Å². The topological polar surface area (TPSA) is 65.7 Å². The van der Waals surface area contributed by atoms with Crippen molar-refractivity contribution in [2.75, 3.05) is 52.5 Å². The standard InChI is InChI=1S/C10H26N2O3SSi/c1-13-17(14-2,15-3)10-4-8-16-9-7-12-6-5-11/h12H,4-11H2,1-3H3. The molecule has 0 radical (unpaired) electrons. The van der Waals surface area contributed by atoms with Crippen molar-refractivity contribution in [1.29, 1.82) is 0 Å². The van der Waals surface area contributed by atoms with Crippen molar-refractivity contribution in [2.45, 2.75) is 12.5 Å². The van der Waals surface area contributed by atoms with Crippen molar-refractivity contribution in [3.8, 4) is 0 Å². The average molecular weight is 282 g/mol. The summed E-state index contributed by atoms with van der Waals surface area (Å²) in [6, 6.07) is 0.875. The van der Waals surface area contributed by atoms with E-state index in [1.807, 2.05) is 11.8 Å². The Morgan fingerprint density at radius 2 is 1.71 bits per heavy atom. The second-order valence-corrected chi connectivity index (χ2v) is 7.87. The lowest BCUT2D eigenvalue weighted by Gasteiger charge is -2.24. The molecule has 0 saturated carbocycles. The monoisotopic (exact) mass is 282 g/mol. The van der Waals surface area contributed by atoms with Gasteiger partial charge in [0.05, 0.1) is 0 Å². The van der Waals surface area contributed by atoms with E-state index in [9.17, 15) is 0 Å². The van der Waals surface area contributed by atoms with E-state index in [4.69, 9.17) is 19.0 Å². The molecular weight excluding hydrogens is 256 g/mol. The molecule has 0 aliphatic heterocycles. The lowest BCUT2D eigenvalue weighted by atomic mass is 10.6. The van der Waals surface area contributed by atoms with E-state index in [0.717, 1.165) is 37.1 Å². The van der Waals surface area contributed by atoms with Crippen LogP contribution in [0.5, 0.6) is 0 Å². The maximum absolute atomic E-state index is 5.38. The first-order chi connectivity index (χ1) is 8.24. The molecular formula is C10H26N2O3SSi. The first-order valence-corrected chi connectivity index (χ1v) is 8.97. The van der Waals surface area contributed by atoms with E-state index in [1.54, 1.807) is 21.3 Å². The molecule has 0 saturated heterocycles. The summed E-state index contributed by atoms with van der Waals surface area (Å²) in [6.45, 7) is 2.62. The minimum absolute atomic E-state index is 0.703. The van der Waals surface area contributed by atoms with E-state index in [0.29, 0.717) is 6.54 Å². The summed E-state index contributed by atoms with van der Waals surface area (Å²) in [7, 11) is 2.62. The third-order valence-electron chi connectivity index (χ3n) is 2.45. The van der Waals surface area contributed by atoms with Gasteiger partial charge in [-0.05, 0) is 12.2 Å². The van der Waals surface area contributed by atoms with Crippen LogP contribution in [0.15, 0.2) is 0 Å². The zero-order valence-electron chi connectivity index (χ0n) is 11.2. The van der Waals surface area contributed by atoms with Crippen LogP contribution in [-0.2, 0) is 13.3 Å². The third-order valence-corrected chi connectivity index (χ3v) is 6.35. The highest BCUT2D eigenvalue weighted by Gasteiger charge is 2.36. The van der Waals surface area contributed by atoms with Gasteiger partial charge in [-0.3, -0.25) is 0 Å². The fraction of sp³-hybridized carbons (Fsp3) is 1.00. The fourth-order valence-corrected chi connectivity index (χ4v) is 4.24. The average Bonchev–Trinajstić information content (AvgIpc) is 2.38. The Morgan fingerprint density at radius 3 is 2.24 bits per heavy atom. The lowest BCUT2D eigenvalue weighted by molar-refractivity contribution is 0.123. The highest BCUT2D eigenvalue weighted by atomic mass is 32.2. The van der Waals surface area contributed by atoms with Gasteiger partial charge in [0.15, 0.2) is 0 Å².